The number of nitrogens with zero attached hydrogens (tertiary/aromatic N) is 2. The third kappa shape index (κ3) is 4.02. The standard InChI is InChI=1S/C26H27N3O3/c1-3-29-23-16-19(17-27-24(30)18-32-2)14-15-22(23)28-25(29)26(31,20-10-6-4-7-11-20)21-12-8-5-9-13-21/h4-16,31H,3,17-18H2,1-2H3,(H,27,30). The van der Waals surface area contributed by atoms with Gasteiger partial charge in [0, 0.05) is 20.2 Å². The van der Waals surface area contributed by atoms with Crippen LogP contribution in [0.4, 0.5) is 0 Å². The minimum atomic E-state index is -1.41. The Morgan fingerprint density at radius 2 is 1.66 bits per heavy atom. The molecule has 0 bridgehead atoms. The molecule has 0 aliphatic heterocycles. The number of aromatic nitrogens is 2. The van der Waals surface area contributed by atoms with Gasteiger partial charge in [0.2, 0.25) is 5.91 Å². The first-order chi connectivity index (χ1) is 15.6. The number of amides is 1. The number of ether oxygens (including phenoxy) is 1. The van der Waals surface area contributed by atoms with Crippen molar-refractivity contribution in [3.63, 3.8) is 0 Å². The van der Waals surface area contributed by atoms with Crippen molar-refractivity contribution in [1.29, 1.82) is 0 Å². The summed E-state index contributed by atoms with van der Waals surface area (Å²) in [5.41, 5.74) is 2.74. The third-order valence-corrected chi connectivity index (χ3v) is 5.60. The Morgan fingerprint density at radius 3 is 2.22 bits per heavy atom. The van der Waals surface area contributed by atoms with Crippen molar-refractivity contribution in [2.75, 3.05) is 13.7 Å². The normalized spacial score (nSPS) is 11.6. The second-order valence-electron chi connectivity index (χ2n) is 7.65. The van der Waals surface area contributed by atoms with Gasteiger partial charge in [0.25, 0.3) is 0 Å². The molecule has 1 heterocycles. The highest BCUT2D eigenvalue weighted by Gasteiger charge is 2.38. The van der Waals surface area contributed by atoms with Gasteiger partial charge < -0.3 is 19.7 Å². The molecule has 164 valence electrons. The number of imidazole rings is 1. The van der Waals surface area contributed by atoms with Crippen molar-refractivity contribution in [2.24, 2.45) is 0 Å². The molecule has 4 rings (SSSR count). The van der Waals surface area contributed by atoms with E-state index in [0.717, 1.165) is 27.7 Å². The van der Waals surface area contributed by atoms with E-state index in [2.05, 4.69) is 5.32 Å². The smallest absolute Gasteiger partial charge is 0.246 e. The van der Waals surface area contributed by atoms with Crippen LogP contribution in [-0.2, 0) is 28.2 Å². The Bertz CT molecular complexity index is 1160. The lowest BCUT2D eigenvalue weighted by Gasteiger charge is -2.29. The molecule has 0 radical (unpaired) electrons. The first-order valence-electron chi connectivity index (χ1n) is 10.7. The van der Waals surface area contributed by atoms with Crippen LogP contribution in [0.3, 0.4) is 0 Å². The number of methoxy groups -OCH3 is 1. The van der Waals surface area contributed by atoms with Gasteiger partial charge >= 0.3 is 0 Å². The fourth-order valence-electron chi connectivity index (χ4n) is 4.04. The van der Waals surface area contributed by atoms with Crippen molar-refractivity contribution in [2.45, 2.75) is 25.6 Å². The number of hydrogen-bond acceptors (Lipinski definition) is 4. The SMILES string of the molecule is CCn1c(C(O)(c2ccccc2)c2ccccc2)nc2ccc(CNC(=O)COC)cc21. The maximum atomic E-state index is 12.2. The topological polar surface area (TPSA) is 76.4 Å². The second kappa shape index (κ2) is 9.34. The predicted molar refractivity (Wildman–Crippen MR) is 124 cm³/mol. The van der Waals surface area contributed by atoms with Crippen LogP contribution in [0.1, 0.15) is 29.4 Å². The number of nitrogens with one attached hydrogen (secondary N) is 1. The second-order valence-corrected chi connectivity index (χ2v) is 7.65. The number of rotatable bonds is 8. The molecule has 1 aromatic heterocycles. The largest absolute Gasteiger partial charge is 0.375 e. The van der Waals surface area contributed by atoms with Gasteiger partial charge in [-0.25, -0.2) is 4.98 Å². The van der Waals surface area contributed by atoms with Crippen molar-refractivity contribution in [3.8, 4) is 0 Å². The molecule has 0 unspecified atom stereocenters. The summed E-state index contributed by atoms with van der Waals surface area (Å²) in [6.07, 6.45) is 0. The molecule has 32 heavy (non-hydrogen) atoms. The number of benzene rings is 3. The van der Waals surface area contributed by atoms with Gasteiger partial charge in [-0.1, -0.05) is 66.7 Å². The summed E-state index contributed by atoms with van der Waals surface area (Å²) in [5, 5.41) is 15.0. The van der Waals surface area contributed by atoms with E-state index in [4.69, 9.17) is 9.72 Å². The average Bonchev–Trinajstić information content (AvgIpc) is 3.22. The number of aryl methyl sites for hydroxylation is 1. The van der Waals surface area contributed by atoms with Gasteiger partial charge in [0.1, 0.15) is 6.61 Å². The first-order valence-corrected chi connectivity index (χ1v) is 10.7. The highest BCUT2D eigenvalue weighted by Crippen LogP contribution is 2.37. The molecule has 0 saturated carbocycles. The highest BCUT2D eigenvalue weighted by molar-refractivity contribution is 5.79. The van der Waals surface area contributed by atoms with Gasteiger partial charge in [0.15, 0.2) is 11.4 Å². The molecule has 4 aromatic rings. The molecule has 6 nitrogen and oxygen atoms in total. The van der Waals surface area contributed by atoms with Crippen molar-refractivity contribution in [3.05, 3.63) is 101 Å². The summed E-state index contributed by atoms with van der Waals surface area (Å²) in [5.74, 6) is 0.396. The van der Waals surface area contributed by atoms with Gasteiger partial charge in [-0.2, -0.15) is 0 Å². The van der Waals surface area contributed by atoms with Crippen LogP contribution < -0.4 is 5.32 Å². The monoisotopic (exact) mass is 429 g/mol. The Kier molecular flexibility index (Phi) is 6.35. The van der Waals surface area contributed by atoms with E-state index in [-0.39, 0.29) is 12.5 Å². The van der Waals surface area contributed by atoms with Gasteiger partial charge in [-0.15, -0.1) is 0 Å². The van der Waals surface area contributed by atoms with Crippen LogP contribution in [-0.4, -0.2) is 34.3 Å². The lowest BCUT2D eigenvalue weighted by molar-refractivity contribution is -0.124. The van der Waals surface area contributed by atoms with Crippen LogP contribution in [0, 0.1) is 0 Å². The molecule has 3 aromatic carbocycles. The van der Waals surface area contributed by atoms with E-state index in [9.17, 15) is 9.90 Å². The number of carbonyl (C=O) groups is 1. The van der Waals surface area contributed by atoms with Crippen LogP contribution in [0.5, 0.6) is 0 Å². The molecular formula is C26H27N3O3. The zero-order valence-corrected chi connectivity index (χ0v) is 18.3. The minimum Gasteiger partial charge on any atom is -0.375 e. The molecule has 6 heteroatoms. The number of hydrogen-bond donors (Lipinski definition) is 2. The number of fused-ring (bicyclic) bond motifs is 1. The Labute approximate surface area is 187 Å². The Morgan fingerprint density at radius 1 is 1.03 bits per heavy atom. The fraction of sp³-hybridized carbons (Fsp3) is 0.231. The van der Waals surface area contributed by atoms with Gasteiger partial charge in [-0.3, -0.25) is 4.79 Å². The molecule has 0 aliphatic carbocycles. The lowest BCUT2D eigenvalue weighted by Crippen LogP contribution is -2.32. The summed E-state index contributed by atoms with van der Waals surface area (Å²) < 4.78 is 6.91. The van der Waals surface area contributed by atoms with Gasteiger partial charge in [0.05, 0.1) is 11.0 Å². The first kappa shape index (κ1) is 21.7. The Hall–Kier alpha value is -3.48. The molecule has 2 N–H and O–H groups in total. The van der Waals surface area contributed by atoms with Crippen LogP contribution in [0.25, 0.3) is 11.0 Å². The maximum absolute atomic E-state index is 12.2. The van der Waals surface area contributed by atoms with Crippen molar-refractivity contribution >= 4 is 16.9 Å². The molecular weight excluding hydrogens is 402 g/mol. The fourth-order valence-corrected chi connectivity index (χ4v) is 4.04. The highest BCUT2D eigenvalue weighted by atomic mass is 16.5. The number of carbonyl (C=O) groups excluding carboxylic acids is 1. The molecule has 0 fully saturated rings. The molecule has 0 saturated heterocycles. The maximum Gasteiger partial charge on any atom is 0.246 e. The van der Waals surface area contributed by atoms with Crippen LogP contribution in [0.2, 0.25) is 0 Å². The summed E-state index contributed by atoms with van der Waals surface area (Å²) in [6.45, 7) is 3.09. The summed E-state index contributed by atoms with van der Waals surface area (Å²) in [7, 11) is 1.49. The van der Waals surface area contributed by atoms with E-state index in [0.29, 0.717) is 18.9 Å². The lowest BCUT2D eigenvalue weighted by atomic mass is 9.85. The molecule has 0 aliphatic rings. The van der Waals surface area contributed by atoms with Crippen molar-refractivity contribution < 1.29 is 14.6 Å². The minimum absolute atomic E-state index is 0.0282. The molecule has 1 amide bonds. The molecule has 0 atom stereocenters. The quantitative estimate of drug-likeness (QED) is 0.449. The molecule has 0 spiro atoms. The third-order valence-electron chi connectivity index (χ3n) is 5.60. The van der Waals surface area contributed by atoms with E-state index < -0.39 is 5.60 Å². The predicted octanol–water partition coefficient (Wildman–Crippen LogP) is 3.60. The summed E-state index contributed by atoms with van der Waals surface area (Å²) in [4.78, 5) is 16.6. The van der Waals surface area contributed by atoms with E-state index in [1.807, 2.05) is 90.4 Å². The van der Waals surface area contributed by atoms with E-state index >= 15 is 0 Å². The number of aliphatic hydroxyl groups is 1. The Balaban J connectivity index is 1.83. The zero-order valence-electron chi connectivity index (χ0n) is 18.3. The average molecular weight is 430 g/mol. The van der Waals surface area contributed by atoms with Crippen LogP contribution in [0.15, 0.2) is 78.9 Å². The van der Waals surface area contributed by atoms with Gasteiger partial charge in [-0.05, 0) is 35.7 Å². The van der Waals surface area contributed by atoms with E-state index in [1.54, 1.807) is 0 Å². The summed E-state index contributed by atoms with van der Waals surface area (Å²) in [6, 6.07) is 25.1. The zero-order chi connectivity index (χ0) is 22.6. The summed E-state index contributed by atoms with van der Waals surface area (Å²) >= 11 is 0. The van der Waals surface area contributed by atoms with Crippen molar-refractivity contribution in [1.82, 2.24) is 14.9 Å². The van der Waals surface area contributed by atoms with Crippen LogP contribution >= 0.6 is 0 Å². The van der Waals surface area contributed by atoms with E-state index in [1.165, 1.54) is 7.11 Å².